The molecular weight excluding hydrogens is 260 g/mol. The molecule has 2 aliphatic heterocycles. The monoisotopic (exact) mass is 296 g/mol. The lowest BCUT2D eigenvalue weighted by atomic mass is 9.81. The van der Waals surface area contributed by atoms with Crippen molar-refractivity contribution >= 4 is 0 Å². The molecular formula is C18H36N2O. The number of nitrogens with one attached hydrogen (secondary N) is 1. The molecule has 21 heavy (non-hydrogen) atoms. The second-order valence-electron chi connectivity index (χ2n) is 8.49. The zero-order valence-corrected chi connectivity index (χ0v) is 14.7. The van der Waals surface area contributed by atoms with Gasteiger partial charge in [0.2, 0.25) is 0 Å². The van der Waals surface area contributed by atoms with Crippen LogP contribution in [-0.2, 0) is 4.74 Å². The van der Waals surface area contributed by atoms with Gasteiger partial charge in [-0.15, -0.1) is 0 Å². The lowest BCUT2D eigenvalue weighted by Crippen LogP contribution is -2.50. The minimum atomic E-state index is 0.330. The molecule has 0 radical (unpaired) electrons. The summed E-state index contributed by atoms with van der Waals surface area (Å²) in [5.74, 6) is 0. The van der Waals surface area contributed by atoms with Crippen LogP contribution in [0.5, 0.6) is 0 Å². The number of rotatable bonds is 5. The molecule has 2 heterocycles. The highest BCUT2D eigenvalue weighted by molar-refractivity contribution is 4.89. The van der Waals surface area contributed by atoms with Gasteiger partial charge in [-0.2, -0.15) is 0 Å². The van der Waals surface area contributed by atoms with Crippen molar-refractivity contribution in [3.8, 4) is 0 Å². The first-order valence-electron chi connectivity index (χ1n) is 8.94. The van der Waals surface area contributed by atoms with Crippen molar-refractivity contribution in [1.29, 1.82) is 0 Å². The average molecular weight is 296 g/mol. The Morgan fingerprint density at radius 2 is 1.90 bits per heavy atom. The van der Waals surface area contributed by atoms with E-state index in [1.165, 1.54) is 51.7 Å². The Balaban J connectivity index is 1.94. The van der Waals surface area contributed by atoms with E-state index in [-0.39, 0.29) is 0 Å². The van der Waals surface area contributed by atoms with Crippen molar-refractivity contribution in [2.75, 3.05) is 39.4 Å². The smallest absolute Gasteiger partial charge is 0.0546 e. The molecule has 0 spiro atoms. The zero-order chi connectivity index (χ0) is 15.3. The van der Waals surface area contributed by atoms with E-state index in [0.717, 1.165) is 19.8 Å². The molecule has 124 valence electrons. The lowest BCUT2D eigenvalue weighted by Gasteiger charge is -2.41. The Labute approximate surface area is 131 Å². The number of ether oxygens (including phenoxy) is 1. The summed E-state index contributed by atoms with van der Waals surface area (Å²) in [5, 5.41) is 3.67. The molecule has 0 aromatic rings. The summed E-state index contributed by atoms with van der Waals surface area (Å²) in [5.41, 5.74) is 0.859. The minimum absolute atomic E-state index is 0.330. The van der Waals surface area contributed by atoms with Gasteiger partial charge in [-0.05, 0) is 50.6 Å². The highest BCUT2D eigenvalue weighted by Gasteiger charge is 2.35. The maximum atomic E-state index is 5.86. The lowest BCUT2D eigenvalue weighted by molar-refractivity contribution is -0.0268. The molecule has 2 rings (SSSR count). The fourth-order valence-corrected chi connectivity index (χ4v) is 3.76. The minimum Gasteiger partial charge on any atom is -0.381 e. The standard InChI is InChI=1S/C18H36N2O/c1-16(2)19-13-18(8-6-12-21-15-18)14-20-10-5-7-17(3,4)9-11-20/h16,19H,5-15H2,1-4H3. The van der Waals surface area contributed by atoms with E-state index in [1.54, 1.807) is 0 Å². The molecule has 0 aromatic carbocycles. The van der Waals surface area contributed by atoms with Crippen LogP contribution in [0.3, 0.4) is 0 Å². The summed E-state index contributed by atoms with van der Waals surface area (Å²) in [4.78, 5) is 2.71. The van der Waals surface area contributed by atoms with Crippen LogP contribution in [0.1, 0.15) is 59.8 Å². The fourth-order valence-electron chi connectivity index (χ4n) is 3.76. The van der Waals surface area contributed by atoms with Crippen LogP contribution in [-0.4, -0.2) is 50.3 Å². The van der Waals surface area contributed by atoms with Crippen molar-refractivity contribution < 1.29 is 4.74 Å². The predicted molar refractivity (Wildman–Crippen MR) is 89.7 cm³/mol. The van der Waals surface area contributed by atoms with Crippen LogP contribution in [0.15, 0.2) is 0 Å². The van der Waals surface area contributed by atoms with Gasteiger partial charge in [-0.25, -0.2) is 0 Å². The number of likely N-dealkylation sites (tertiary alicyclic amines) is 1. The summed E-state index contributed by atoms with van der Waals surface area (Å²) in [6.07, 6.45) is 6.59. The van der Waals surface area contributed by atoms with Crippen molar-refractivity contribution in [3.05, 3.63) is 0 Å². The average Bonchev–Trinajstić information content (AvgIpc) is 2.59. The normalized spacial score (nSPS) is 31.3. The molecule has 0 aromatic heterocycles. The molecule has 0 bridgehead atoms. The zero-order valence-electron chi connectivity index (χ0n) is 14.7. The molecule has 0 amide bonds. The summed E-state index contributed by atoms with van der Waals surface area (Å²) in [6, 6.07) is 0.562. The van der Waals surface area contributed by atoms with Crippen molar-refractivity contribution in [2.45, 2.75) is 65.8 Å². The van der Waals surface area contributed by atoms with Gasteiger partial charge in [0.15, 0.2) is 0 Å². The van der Waals surface area contributed by atoms with Crippen LogP contribution >= 0.6 is 0 Å². The second kappa shape index (κ2) is 7.43. The molecule has 3 nitrogen and oxygen atoms in total. The molecule has 1 atom stereocenters. The first-order chi connectivity index (χ1) is 9.91. The van der Waals surface area contributed by atoms with Crippen LogP contribution in [0, 0.1) is 10.8 Å². The Hall–Kier alpha value is -0.120. The third kappa shape index (κ3) is 5.54. The van der Waals surface area contributed by atoms with Gasteiger partial charge in [-0.1, -0.05) is 27.7 Å². The van der Waals surface area contributed by atoms with Gasteiger partial charge in [0.05, 0.1) is 6.61 Å². The van der Waals surface area contributed by atoms with Crippen LogP contribution in [0.4, 0.5) is 0 Å². The Bertz CT molecular complexity index is 308. The molecule has 3 heteroatoms. The van der Waals surface area contributed by atoms with E-state index in [1.807, 2.05) is 0 Å². The number of nitrogens with zero attached hydrogens (tertiary/aromatic N) is 1. The Kier molecular flexibility index (Phi) is 6.10. The number of hydrogen-bond acceptors (Lipinski definition) is 3. The summed E-state index contributed by atoms with van der Waals surface area (Å²) >= 11 is 0. The van der Waals surface area contributed by atoms with Crippen molar-refractivity contribution in [1.82, 2.24) is 10.2 Å². The molecule has 0 aliphatic carbocycles. The molecule has 2 saturated heterocycles. The third-order valence-electron chi connectivity index (χ3n) is 5.28. The fraction of sp³-hybridized carbons (Fsp3) is 1.00. The van der Waals surface area contributed by atoms with Gasteiger partial charge in [0, 0.05) is 31.2 Å². The highest BCUT2D eigenvalue weighted by atomic mass is 16.5. The summed E-state index contributed by atoms with van der Waals surface area (Å²) in [6.45, 7) is 16.1. The third-order valence-corrected chi connectivity index (χ3v) is 5.28. The number of hydrogen-bond donors (Lipinski definition) is 1. The van der Waals surface area contributed by atoms with E-state index >= 15 is 0 Å². The molecule has 1 unspecified atom stereocenters. The molecule has 0 saturated carbocycles. The Morgan fingerprint density at radius 1 is 1.10 bits per heavy atom. The van der Waals surface area contributed by atoms with Crippen LogP contribution < -0.4 is 5.32 Å². The van der Waals surface area contributed by atoms with E-state index < -0.39 is 0 Å². The van der Waals surface area contributed by atoms with Gasteiger partial charge >= 0.3 is 0 Å². The maximum Gasteiger partial charge on any atom is 0.0546 e. The van der Waals surface area contributed by atoms with E-state index in [2.05, 4.69) is 37.9 Å². The quantitative estimate of drug-likeness (QED) is 0.842. The maximum absolute atomic E-state index is 5.86. The van der Waals surface area contributed by atoms with E-state index in [9.17, 15) is 0 Å². The predicted octanol–water partition coefficient (Wildman–Crippen LogP) is 3.29. The highest BCUT2D eigenvalue weighted by Crippen LogP contribution is 2.33. The Morgan fingerprint density at radius 3 is 2.57 bits per heavy atom. The van der Waals surface area contributed by atoms with Crippen LogP contribution in [0.25, 0.3) is 0 Å². The first-order valence-corrected chi connectivity index (χ1v) is 8.94. The SMILES string of the molecule is CC(C)NCC1(CN2CCCC(C)(C)CC2)CCCOC1. The summed E-state index contributed by atoms with van der Waals surface area (Å²) in [7, 11) is 0. The van der Waals surface area contributed by atoms with Crippen molar-refractivity contribution in [2.24, 2.45) is 10.8 Å². The van der Waals surface area contributed by atoms with E-state index in [4.69, 9.17) is 4.74 Å². The van der Waals surface area contributed by atoms with Gasteiger partial charge in [0.1, 0.15) is 0 Å². The van der Waals surface area contributed by atoms with Gasteiger partial charge < -0.3 is 15.0 Å². The molecule has 2 aliphatic rings. The van der Waals surface area contributed by atoms with Crippen LogP contribution in [0.2, 0.25) is 0 Å². The van der Waals surface area contributed by atoms with Crippen molar-refractivity contribution in [3.63, 3.8) is 0 Å². The van der Waals surface area contributed by atoms with Gasteiger partial charge in [-0.3, -0.25) is 0 Å². The largest absolute Gasteiger partial charge is 0.381 e. The first kappa shape index (κ1) is 17.2. The topological polar surface area (TPSA) is 24.5 Å². The second-order valence-corrected chi connectivity index (χ2v) is 8.49. The molecule has 2 fully saturated rings. The summed E-state index contributed by atoms with van der Waals surface area (Å²) < 4.78 is 5.86. The molecule has 1 N–H and O–H groups in total. The van der Waals surface area contributed by atoms with Gasteiger partial charge in [0.25, 0.3) is 0 Å². The van der Waals surface area contributed by atoms with E-state index in [0.29, 0.717) is 16.9 Å².